The summed E-state index contributed by atoms with van der Waals surface area (Å²) in [6.07, 6.45) is 1.06. The maximum atomic E-state index is 2.26. The SMILES string of the molecule is c1csc(Cc2cccc3c2SSSSS3)c1. The molecule has 2 aromatic rings. The van der Waals surface area contributed by atoms with Crippen LogP contribution in [0, 0.1) is 0 Å². The van der Waals surface area contributed by atoms with Gasteiger partial charge in [-0.15, -0.1) is 11.3 Å². The van der Waals surface area contributed by atoms with Gasteiger partial charge < -0.3 is 0 Å². The zero-order valence-electron chi connectivity index (χ0n) is 8.62. The Balaban J connectivity index is 1.94. The third kappa shape index (κ3) is 3.16. The molecule has 0 atom stereocenters. The standard InChI is InChI=1S/C11H8S6/c1-3-8(7-9-4-2-6-12-9)11-10(5-1)13-15-17-16-14-11/h1-6H,7H2. The highest BCUT2D eigenvalue weighted by molar-refractivity contribution is 9.36. The van der Waals surface area contributed by atoms with E-state index in [9.17, 15) is 0 Å². The molecule has 1 aromatic heterocycles. The van der Waals surface area contributed by atoms with Gasteiger partial charge in [-0.1, -0.05) is 18.2 Å². The first kappa shape index (κ1) is 12.7. The zero-order chi connectivity index (χ0) is 11.5. The lowest BCUT2D eigenvalue weighted by Gasteiger charge is -2.08. The molecule has 0 bridgehead atoms. The topological polar surface area (TPSA) is 0 Å². The van der Waals surface area contributed by atoms with Crippen LogP contribution >= 0.6 is 62.4 Å². The van der Waals surface area contributed by atoms with E-state index in [4.69, 9.17) is 0 Å². The molecule has 3 rings (SSSR count). The summed E-state index contributed by atoms with van der Waals surface area (Å²) in [5.41, 5.74) is 1.46. The number of thiophene rings is 1. The molecule has 0 nitrogen and oxygen atoms in total. The fourth-order valence-electron chi connectivity index (χ4n) is 1.57. The van der Waals surface area contributed by atoms with Crippen LogP contribution < -0.4 is 0 Å². The monoisotopic (exact) mass is 332 g/mol. The molecule has 0 saturated carbocycles. The fourth-order valence-corrected chi connectivity index (χ4v) is 11.4. The Kier molecular flexibility index (Phi) is 4.64. The lowest BCUT2D eigenvalue weighted by atomic mass is 10.1. The molecule has 0 unspecified atom stereocenters. The van der Waals surface area contributed by atoms with Gasteiger partial charge in [0.2, 0.25) is 0 Å². The zero-order valence-corrected chi connectivity index (χ0v) is 13.5. The van der Waals surface area contributed by atoms with Crippen molar-refractivity contribution in [3.8, 4) is 0 Å². The molecule has 0 aliphatic carbocycles. The first-order chi connectivity index (χ1) is 8.43. The maximum absolute atomic E-state index is 2.26. The minimum Gasteiger partial charge on any atom is -0.149 e. The molecule has 0 radical (unpaired) electrons. The van der Waals surface area contributed by atoms with E-state index in [1.807, 2.05) is 62.4 Å². The average Bonchev–Trinajstić information content (AvgIpc) is 2.73. The summed E-state index contributed by atoms with van der Waals surface area (Å²) >= 11 is 1.84. The van der Waals surface area contributed by atoms with E-state index in [-0.39, 0.29) is 0 Å². The van der Waals surface area contributed by atoms with Gasteiger partial charge in [-0.05, 0) is 74.1 Å². The summed E-state index contributed by atoms with van der Waals surface area (Å²) in [6.45, 7) is 0. The molecule has 1 aliphatic rings. The molecular weight excluding hydrogens is 325 g/mol. The lowest BCUT2D eigenvalue weighted by Crippen LogP contribution is -1.89. The van der Waals surface area contributed by atoms with Crippen LogP contribution in [0.4, 0.5) is 0 Å². The van der Waals surface area contributed by atoms with Gasteiger partial charge in [-0.2, -0.15) is 0 Å². The van der Waals surface area contributed by atoms with E-state index in [1.54, 1.807) is 0 Å². The van der Waals surface area contributed by atoms with Crippen molar-refractivity contribution in [2.75, 3.05) is 0 Å². The molecule has 0 spiro atoms. The van der Waals surface area contributed by atoms with Gasteiger partial charge >= 0.3 is 0 Å². The van der Waals surface area contributed by atoms with E-state index < -0.39 is 0 Å². The van der Waals surface area contributed by atoms with Crippen molar-refractivity contribution in [1.82, 2.24) is 0 Å². The Morgan fingerprint density at radius 3 is 2.71 bits per heavy atom. The second kappa shape index (κ2) is 6.21. The second-order valence-electron chi connectivity index (χ2n) is 3.37. The quantitative estimate of drug-likeness (QED) is 0.582. The Hall–Kier alpha value is 0.670. The van der Waals surface area contributed by atoms with Gasteiger partial charge in [0, 0.05) is 21.1 Å². The van der Waals surface area contributed by atoms with Gasteiger partial charge in [0.1, 0.15) is 0 Å². The summed E-state index contributed by atoms with van der Waals surface area (Å²) in [5, 5.41) is 2.15. The number of benzene rings is 1. The summed E-state index contributed by atoms with van der Waals surface area (Å²) in [5.74, 6) is 0. The molecule has 6 heteroatoms. The predicted octanol–water partition coefficient (Wildman–Crippen LogP) is 6.40. The van der Waals surface area contributed by atoms with Crippen LogP contribution in [0.25, 0.3) is 0 Å². The van der Waals surface area contributed by atoms with Gasteiger partial charge in [-0.25, -0.2) is 0 Å². The minimum absolute atomic E-state index is 1.06. The van der Waals surface area contributed by atoms with Crippen LogP contribution in [0.5, 0.6) is 0 Å². The van der Waals surface area contributed by atoms with Crippen LogP contribution in [0.3, 0.4) is 0 Å². The second-order valence-corrected chi connectivity index (χ2v) is 11.9. The summed E-state index contributed by atoms with van der Waals surface area (Å²) in [7, 11) is 9.35. The highest BCUT2D eigenvalue weighted by Crippen LogP contribution is 2.59. The Labute approximate surface area is 124 Å². The van der Waals surface area contributed by atoms with E-state index in [2.05, 4.69) is 35.7 Å². The highest BCUT2D eigenvalue weighted by Gasteiger charge is 2.15. The average molecular weight is 333 g/mol. The van der Waals surface area contributed by atoms with Crippen LogP contribution in [0.15, 0.2) is 45.5 Å². The number of rotatable bonds is 2. The molecule has 1 aromatic carbocycles. The Morgan fingerprint density at radius 2 is 1.82 bits per heavy atom. The van der Waals surface area contributed by atoms with E-state index in [0.29, 0.717) is 0 Å². The Morgan fingerprint density at radius 1 is 0.882 bits per heavy atom. The summed E-state index contributed by atoms with van der Waals surface area (Å²) in [6, 6.07) is 11.0. The van der Waals surface area contributed by atoms with Crippen LogP contribution in [-0.4, -0.2) is 0 Å². The van der Waals surface area contributed by atoms with E-state index in [0.717, 1.165) is 6.42 Å². The first-order valence-electron chi connectivity index (χ1n) is 4.92. The lowest BCUT2D eigenvalue weighted by molar-refractivity contribution is 1.10. The Bertz CT molecular complexity index is 493. The fraction of sp³-hybridized carbons (Fsp3) is 0.0909. The molecule has 1 aliphatic heterocycles. The van der Waals surface area contributed by atoms with Crippen molar-refractivity contribution in [2.24, 2.45) is 0 Å². The maximum Gasteiger partial charge on any atom is 0.0372 e. The molecular formula is C11H8S6. The molecule has 0 N–H and O–H groups in total. The van der Waals surface area contributed by atoms with Crippen molar-refractivity contribution < 1.29 is 0 Å². The largest absolute Gasteiger partial charge is 0.149 e. The molecule has 0 fully saturated rings. The number of hydrogen-bond donors (Lipinski definition) is 0. The van der Waals surface area contributed by atoms with Crippen molar-refractivity contribution in [1.29, 1.82) is 0 Å². The van der Waals surface area contributed by atoms with Gasteiger partial charge in [0.25, 0.3) is 0 Å². The van der Waals surface area contributed by atoms with Crippen LogP contribution in [0.2, 0.25) is 0 Å². The number of fused-ring (bicyclic) bond motifs is 1. The van der Waals surface area contributed by atoms with Crippen molar-refractivity contribution in [3.05, 3.63) is 46.2 Å². The smallest absolute Gasteiger partial charge is 0.0372 e. The summed E-state index contributed by atoms with van der Waals surface area (Å²) in [4.78, 5) is 4.30. The normalized spacial score (nSPS) is 15.3. The third-order valence-electron chi connectivity index (χ3n) is 2.30. The predicted molar refractivity (Wildman–Crippen MR) is 88.1 cm³/mol. The van der Waals surface area contributed by atoms with E-state index >= 15 is 0 Å². The minimum atomic E-state index is 1.06. The third-order valence-corrected chi connectivity index (χ3v) is 11.7. The molecule has 0 saturated heterocycles. The summed E-state index contributed by atoms with van der Waals surface area (Å²) < 4.78 is 0. The first-order valence-corrected chi connectivity index (χ1v) is 12.0. The number of hydrogen-bond acceptors (Lipinski definition) is 6. The van der Waals surface area contributed by atoms with Crippen molar-refractivity contribution in [2.45, 2.75) is 16.2 Å². The molecule has 0 amide bonds. The highest BCUT2D eigenvalue weighted by atomic mass is 33.8. The van der Waals surface area contributed by atoms with Crippen molar-refractivity contribution in [3.63, 3.8) is 0 Å². The van der Waals surface area contributed by atoms with Gasteiger partial charge in [0.05, 0.1) is 0 Å². The van der Waals surface area contributed by atoms with Crippen molar-refractivity contribution >= 4 is 62.4 Å². The van der Waals surface area contributed by atoms with Crippen LogP contribution in [0.1, 0.15) is 10.4 Å². The molecule has 88 valence electrons. The van der Waals surface area contributed by atoms with Gasteiger partial charge in [0.15, 0.2) is 0 Å². The van der Waals surface area contributed by atoms with Gasteiger partial charge in [-0.3, -0.25) is 0 Å². The molecule has 2 heterocycles. The van der Waals surface area contributed by atoms with Crippen LogP contribution in [-0.2, 0) is 6.42 Å². The van der Waals surface area contributed by atoms with E-state index in [1.165, 1.54) is 20.2 Å². The molecule has 17 heavy (non-hydrogen) atoms.